The zero-order chi connectivity index (χ0) is 14.7. The van der Waals surface area contributed by atoms with E-state index in [-0.39, 0.29) is 11.3 Å². The van der Waals surface area contributed by atoms with Crippen molar-refractivity contribution >= 4 is 11.8 Å². The van der Waals surface area contributed by atoms with Gasteiger partial charge < -0.3 is 9.84 Å². The van der Waals surface area contributed by atoms with Gasteiger partial charge in [-0.15, -0.1) is 0 Å². The van der Waals surface area contributed by atoms with Crippen LogP contribution in [0.2, 0.25) is 0 Å². The summed E-state index contributed by atoms with van der Waals surface area (Å²) in [5.41, 5.74) is 2.46. The average Bonchev–Trinajstić information content (AvgIpc) is 2.46. The fourth-order valence-electron chi connectivity index (χ4n) is 1.95. The Labute approximate surface area is 116 Å². The fraction of sp³-hybridized carbons (Fsp3) is 0.125. The summed E-state index contributed by atoms with van der Waals surface area (Å²) in [6, 6.07) is 11.8. The van der Waals surface area contributed by atoms with Crippen LogP contribution in [0.5, 0.6) is 5.75 Å². The van der Waals surface area contributed by atoms with Gasteiger partial charge in [0.05, 0.1) is 12.7 Å². The minimum Gasteiger partial charge on any atom is -0.496 e. The zero-order valence-corrected chi connectivity index (χ0v) is 11.2. The van der Waals surface area contributed by atoms with Crippen LogP contribution in [0, 0.1) is 0 Å². The molecule has 0 saturated heterocycles. The highest BCUT2D eigenvalue weighted by atomic mass is 16.5. The maximum Gasteiger partial charge on any atom is 0.335 e. The number of rotatable bonds is 4. The Morgan fingerprint density at radius 1 is 1.00 bits per heavy atom. The molecule has 2 aromatic carbocycles. The van der Waals surface area contributed by atoms with E-state index in [0.717, 1.165) is 11.1 Å². The van der Waals surface area contributed by atoms with Crippen molar-refractivity contribution in [2.24, 2.45) is 0 Å². The monoisotopic (exact) mass is 270 g/mol. The Hall–Kier alpha value is -2.62. The first kappa shape index (κ1) is 13.8. The number of ketones is 1. The summed E-state index contributed by atoms with van der Waals surface area (Å²) in [6.07, 6.45) is 0. The van der Waals surface area contributed by atoms with Gasteiger partial charge in [0.2, 0.25) is 0 Å². The molecule has 0 aliphatic rings. The third-order valence-corrected chi connectivity index (χ3v) is 3.05. The zero-order valence-electron chi connectivity index (χ0n) is 11.2. The van der Waals surface area contributed by atoms with E-state index in [0.29, 0.717) is 11.3 Å². The number of aromatic carboxylic acids is 1. The second kappa shape index (κ2) is 5.57. The first-order valence-electron chi connectivity index (χ1n) is 6.05. The number of carboxylic acid groups (broad SMARTS) is 1. The average molecular weight is 270 g/mol. The lowest BCUT2D eigenvalue weighted by molar-refractivity contribution is 0.0696. The first-order valence-corrected chi connectivity index (χ1v) is 6.05. The Kier molecular flexibility index (Phi) is 3.84. The van der Waals surface area contributed by atoms with Gasteiger partial charge in [0.15, 0.2) is 5.78 Å². The number of carbonyl (C=O) groups is 2. The third-order valence-electron chi connectivity index (χ3n) is 3.05. The van der Waals surface area contributed by atoms with E-state index in [2.05, 4.69) is 0 Å². The molecule has 0 atom stereocenters. The molecule has 0 aliphatic carbocycles. The Balaban J connectivity index is 2.46. The summed E-state index contributed by atoms with van der Waals surface area (Å²) in [6.45, 7) is 1.51. The predicted molar refractivity (Wildman–Crippen MR) is 75.4 cm³/mol. The Morgan fingerprint density at radius 3 is 2.10 bits per heavy atom. The van der Waals surface area contributed by atoms with E-state index in [9.17, 15) is 9.59 Å². The Morgan fingerprint density at radius 2 is 1.60 bits per heavy atom. The van der Waals surface area contributed by atoms with Crippen molar-refractivity contribution in [3.8, 4) is 16.9 Å². The highest BCUT2D eigenvalue weighted by molar-refractivity contribution is 5.94. The van der Waals surface area contributed by atoms with Crippen molar-refractivity contribution in [3.05, 3.63) is 53.6 Å². The van der Waals surface area contributed by atoms with E-state index < -0.39 is 5.97 Å². The van der Waals surface area contributed by atoms with E-state index in [1.54, 1.807) is 18.2 Å². The molecule has 2 aromatic rings. The van der Waals surface area contributed by atoms with E-state index in [1.807, 2.05) is 12.1 Å². The molecular weight excluding hydrogens is 256 g/mol. The minimum atomic E-state index is -0.998. The van der Waals surface area contributed by atoms with Gasteiger partial charge in [0.25, 0.3) is 0 Å². The molecule has 0 aromatic heterocycles. The third kappa shape index (κ3) is 2.69. The summed E-state index contributed by atoms with van der Waals surface area (Å²) >= 11 is 0. The van der Waals surface area contributed by atoms with Gasteiger partial charge in [-0.1, -0.05) is 24.3 Å². The SMILES string of the molecule is COc1cc(C(=O)O)ccc1-c1ccc(C(C)=O)cc1. The predicted octanol–water partition coefficient (Wildman–Crippen LogP) is 3.26. The van der Waals surface area contributed by atoms with Crippen molar-refractivity contribution in [1.29, 1.82) is 0 Å². The topological polar surface area (TPSA) is 63.6 Å². The van der Waals surface area contributed by atoms with Crippen molar-refractivity contribution < 1.29 is 19.4 Å². The number of methoxy groups -OCH3 is 1. The summed E-state index contributed by atoms with van der Waals surface area (Å²) in [7, 11) is 1.49. The van der Waals surface area contributed by atoms with Crippen molar-refractivity contribution in [1.82, 2.24) is 0 Å². The normalized spacial score (nSPS) is 10.1. The second-order valence-corrected chi connectivity index (χ2v) is 4.35. The standard InChI is InChI=1S/C16H14O4/c1-10(17)11-3-5-12(6-4-11)14-8-7-13(16(18)19)9-15(14)20-2/h3-9H,1-2H3,(H,18,19). The molecule has 4 heteroatoms. The molecule has 0 spiro atoms. The smallest absolute Gasteiger partial charge is 0.335 e. The van der Waals surface area contributed by atoms with E-state index >= 15 is 0 Å². The molecular formula is C16H14O4. The van der Waals surface area contributed by atoms with Crippen LogP contribution in [0.3, 0.4) is 0 Å². The number of carbonyl (C=O) groups excluding carboxylic acids is 1. The molecule has 1 N–H and O–H groups in total. The lowest BCUT2D eigenvalue weighted by atomic mass is 10.0. The molecule has 2 rings (SSSR count). The van der Waals surface area contributed by atoms with E-state index in [1.165, 1.54) is 26.2 Å². The fourth-order valence-corrected chi connectivity index (χ4v) is 1.95. The molecule has 0 amide bonds. The lowest BCUT2D eigenvalue weighted by Crippen LogP contribution is -1.98. The molecule has 0 bridgehead atoms. The van der Waals surface area contributed by atoms with Gasteiger partial charge >= 0.3 is 5.97 Å². The number of ether oxygens (including phenoxy) is 1. The maximum absolute atomic E-state index is 11.2. The molecule has 4 nitrogen and oxygen atoms in total. The molecule has 102 valence electrons. The molecule has 0 saturated carbocycles. The van der Waals surface area contributed by atoms with Crippen LogP contribution in [-0.2, 0) is 0 Å². The van der Waals surface area contributed by atoms with Gasteiger partial charge in [-0.3, -0.25) is 4.79 Å². The van der Waals surface area contributed by atoms with Gasteiger partial charge in [0, 0.05) is 11.1 Å². The molecule has 0 radical (unpaired) electrons. The molecule has 0 heterocycles. The highest BCUT2D eigenvalue weighted by Crippen LogP contribution is 2.31. The Bertz CT molecular complexity index is 657. The number of benzene rings is 2. The van der Waals surface area contributed by atoms with Crippen LogP contribution in [-0.4, -0.2) is 24.0 Å². The quantitative estimate of drug-likeness (QED) is 0.866. The molecule has 20 heavy (non-hydrogen) atoms. The van der Waals surface area contributed by atoms with Crippen LogP contribution in [0.15, 0.2) is 42.5 Å². The first-order chi connectivity index (χ1) is 9.52. The van der Waals surface area contributed by atoms with Crippen LogP contribution in [0.25, 0.3) is 11.1 Å². The van der Waals surface area contributed by atoms with Crippen molar-refractivity contribution in [2.45, 2.75) is 6.92 Å². The number of carboxylic acids is 1. The summed E-state index contributed by atoms with van der Waals surface area (Å²) in [5, 5.41) is 8.97. The number of Topliss-reactive ketones (excluding diaryl/α,β-unsaturated/α-hetero) is 1. The largest absolute Gasteiger partial charge is 0.496 e. The van der Waals surface area contributed by atoms with Gasteiger partial charge in [-0.2, -0.15) is 0 Å². The maximum atomic E-state index is 11.2. The summed E-state index contributed by atoms with van der Waals surface area (Å²) < 4.78 is 5.24. The minimum absolute atomic E-state index is 0.00439. The van der Waals surface area contributed by atoms with Crippen LogP contribution < -0.4 is 4.74 Å². The number of hydrogen-bond acceptors (Lipinski definition) is 3. The van der Waals surface area contributed by atoms with Crippen molar-refractivity contribution in [3.63, 3.8) is 0 Å². The van der Waals surface area contributed by atoms with Gasteiger partial charge in [0.1, 0.15) is 5.75 Å². The molecule has 0 fully saturated rings. The van der Waals surface area contributed by atoms with Gasteiger partial charge in [-0.05, 0) is 30.7 Å². The molecule has 0 unspecified atom stereocenters. The van der Waals surface area contributed by atoms with Gasteiger partial charge in [-0.25, -0.2) is 4.79 Å². The van der Waals surface area contributed by atoms with E-state index in [4.69, 9.17) is 9.84 Å². The molecule has 0 aliphatic heterocycles. The number of hydrogen-bond donors (Lipinski definition) is 1. The summed E-state index contributed by atoms with van der Waals surface area (Å²) in [5.74, 6) is -0.507. The highest BCUT2D eigenvalue weighted by Gasteiger charge is 2.11. The lowest BCUT2D eigenvalue weighted by Gasteiger charge is -2.10. The second-order valence-electron chi connectivity index (χ2n) is 4.35. The van der Waals surface area contributed by atoms with Crippen molar-refractivity contribution in [2.75, 3.05) is 7.11 Å². The van der Waals surface area contributed by atoms with Crippen LogP contribution in [0.1, 0.15) is 27.6 Å². The summed E-state index contributed by atoms with van der Waals surface area (Å²) in [4.78, 5) is 22.2. The van der Waals surface area contributed by atoms with Crippen LogP contribution >= 0.6 is 0 Å². The van der Waals surface area contributed by atoms with Crippen LogP contribution in [0.4, 0.5) is 0 Å².